The topological polar surface area (TPSA) is 41.3 Å². The second-order valence-electron chi connectivity index (χ2n) is 5.62. The van der Waals surface area contributed by atoms with Crippen LogP contribution in [0.1, 0.15) is 18.7 Å². The van der Waals surface area contributed by atoms with Gasteiger partial charge in [-0.1, -0.05) is 0 Å². The SMILES string of the molecule is CN(Cc1ncc(-c2ccc(F)cc2)o1)CC1CCCN1. The molecular formula is C16H20FN3O. The average molecular weight is 289 g/mol. The van der Waals surface area contributed by atoms with E-state index in [1.165, 1.54) is 25.0 Å². The minimum absolute atomic E-state index is 0.248. The molecule has 1 aliphatic heterocycles. The Balaban J connectivity index is 1.60. The lowest BCUT2D eigenvalue weighted by molar-refractivity contribution is 0.265. The van der Waals surface area contributed by atoms with Gasteiger partial charge in [0.25, 0.3) is 0 Å². The molecule has 0 spiro atoms. The van der Waals surface area contributed by atoms with E-state index in [1.807, 2.05) is 0 Å². The molecule has 1 saturated heterocycles. The molecule has 2 heterocycles. The number of halogens is 1. The zero-order valence-electron chi connectivity index (χ0n) is 12.2. The van der Waals surface area contributed by atoms with Crippen LogP contribution in [-0.4, -0.2) is 36.1 Å². The molecule has 0 saturated carbocycles. The van der Waals surface area contributed by atoms with Gasteiger partial charge >= 0.3 is 0 Å². The molecule has 3 rings (SSSR count). The number of hydrogen-bond donors (Lipinski definition) is 1. The Morgan fingerprint density at radius 3 is 2.90 bits per heavy atom. The number of aromatic nitrogens is 1. The van der Waals surface area contributed by atoms with Crippen LogP contribution >= 0.6 is 0 Å². The minimum Gasteiger partial charge on any atom is -0.439 e. The van der Waals surface area contributed by atoms with Gasteiger partial charge in [0.2, 0.25) is 5.89 Å². The van der Waals surface area contributed by atoms with Crippen molar-refractivity contribution in [1.82, 2.24) is 15.2 Å². The first-order chi connectivity index (χ1) is 10.2. The molecule has 1 atom stereocenters. The maximum atomic E-state index is 12.9. The van der Waals surface area contributed by atoms with Crippen LogP contribution in [0.15, 0.2) is 34.9 Å². The lowest BCUT2D eigenvalue weighted by Crippen LogP contribution is -2.34. The first kappa shape index (κ1) is 14.2. The molecule has 0 bridgehead atoms. The van der Waals surface area contributed by atoms with E-state index in [4.69, 9.17) is 4.42 Å². The van der Waals surface area contributed by atoms with E-state index in [1.54, 1.807) is 18.3 Å². The van der Waals surface area contributed by atoms with Gasteiger partial charge in [-0.3, -0.25) is 4.90 Å². The number of likely N-dealkylation sites (N-methyl/N-ethyl adjacent to an activating group) is 1. The molecule has 21 heavy (non-hydrogen) atoms. The van der Waals surface area contributed by atoms with Gasteiger partial charge in [0.1, 0.15) is 5.82 Å². The van der Waals surface area contributed by atoms with E-state index < -0.39 is 0 Å². The predicted octanol–water partition coefficient (Wildman–Crippen LogP) is 2.66. The molecule has 0 aliphatic carbocycles. The van der Waals surface area contributed by atoms with E-state index >= 15 is 0 Å². The van der Waals surface area contributed by atoms with Crippen LogP contribution in [-0.2, 0) is 6.54 Å². The Morgan fingerprint density at radius 2 is 2.19 bits per heavy atom. The van der Waals surface area contributed by atoms with Crippen LogP contribution in [0.25, 0.3) is 11.3 Å². The van der Waals surface area contributed by atoms with Crippen molar-refractivity contribution in [3.8, 4) is 11.3 Å². The maximum Gasteiger partial charge on any atom is 0.209 e. The summed E-state index contributed by atoms with van der Waals surface area (Å²) in [5.41, 5.74) is 0.843. The van der Waals surface area contributed by atoms with Gasteiger partial charge in [-0.25, -0.2) is 9.37 Å². The Kier molecular flexibility index (Phi) is 4.31. The van der Waals surface area contributed by atoms with Crippen LogP contribution in [0.2, 0.25) is 0 Å². The first-order valence-corrected chi connectivity index (χ1v) is 7.33. The van der Waals surface area contributed by atoms with E-state index in [-0.39, 0.29) is 5.82 Å². The summed E-state index contributed by atoms with van der Waals surface area (Å²) in [6, 6.07) is 6.82. The number of rotatable bonds is 5. The maximum absolute atomic E-state index is 12.9. The Bertz CT molecular complexity index is 575. The zero-order chi connectivity index (χ0) is 14.7. The fourth-order valence-corrected chi connectivity index (χ4v) is 2.72. The first-order valence-electron chi connectivity index (χ1n) is 7.33. The van der Waals surface area contributed by atoms with Gasteiger partial charge in [-0.2, -0.15) is 0 Å². The molecule has 1 N–H and O–H groups in total. The van der Waals surface area contributed by atoms with Gasteiger partial charge in [0.15, 0.2) is 5.76 Å². The molecule has 1 aliphatic rings. The fraction of sp³-hybridized carbons (Fsp3) is 0.438. The van der Waals surface area contributed by atoms with Crippen molar-refractivity contribution < 1.29 is 8.81 Å². The normalized spacial score (nSPS) is 18.5. The molecule has 1 fully saturated rings. The molecule has 4 nitrogen and oxygen atoms in total. The van der Waals surface area contributed by atoms with Crippen LogP contribution in [0, 0.1) is 5.82 Å². The van der Waals surface area contributed by atoms with E-state index in [0.29, 0.717) is 24.2 Å². The van der Waals surface area contributed by atoms with Crippen LogP contribution in [0.4, 0.5) is 4.39 Å². The Labute approximate surface area is 124 Å². The smallest absolute Gasteiger partial charge is 0.209 e. The number of nitrogens with zero attached hydrogens (tertiary/aromatic N) is 2. The molecule has 0 amide bonds. The lowest BCUT2D eigenvalue weighted by Gasteiger charge is -2.19. The second kappa shape index (κ2) is 6.37. The number of nitrogens with one attached hydrogen (secondary N) is 1. The highest BCUT2D eigenvalue weighted by Crippen LogP contribution is 2.21. The molecule has 1 unspecified atom stereocenters. The van der Waals surface area contributed by atoms with Gasteiger partial charge in [-0.15, -0.1) is 0 Å². The molecular weight excluding hydrogens is 269 g/mol. The van der Waals surface area contributed by atoms with Crippen molar-refractivity contribution in [2.24, 2.45) is 0 Å². The second-order valence-corrected chi connectivity index (χ2v) is 5.62. The van der Waals surface area contributed by atoms with Gasteiger partial charge in [0.05, 0.1) is 12.7 Å². The number of hydrogen-bond acceptors (Lipinski definition) is 4. The highest BCUT2D eigenvalue weighted by atomic mass is 19.1. The summed E-state index contributed by atoms with van der Waals surface area (Å²) in [7, 11) is 2.07. The Hall–Kier alpha value is -1.72. The Morgan fingerprint density at radius 1 is 1.38 bits per heavy atom. The third kappa shape index (κ3) is 3.68. The standard InChI is InChI=1S/C16H20FN3O/c1-20(10-14-3-2-8-18-14)11-16-19-9-15(21-16)12-4-6-13(17)7-5-12/h4-7,9,14,18H,2-3,8,10-11H2,1H3. The molecule has 1 aromatic carbocycles. The van der Waals surface area contributed by atoms with Crippen LogP contribution in [0.3, 0.4) is 0 Å². The third-order valence-corrected chi connectivity index (χ3v) is 3.78. The molecule has 0 radical (unpaired) electrons. The zero-order valence-corrected chi connectivity index (χ0v) is 12.2. The predicted molar refractivity (Wildman–Crippen MR) is 79.3 cm³/mol. The van der Waals surface area contributed by atoms with Crippen LogP contribution in [0.5, 0.6) is 0 Å². The van der Waals surface area contributed by atoms with Crippen molar-refractivity contribution in [1.29, 1.82) is 0 Å². The van der Waals surface area contributed by atoms with Crippen molar-refractivity contribution in [2.75, 3.05) is 20.1 Å². The van der Waals surface area contributed by atoms with Gasteiger partial charge in [0, 0.05) is 18.2 Å². The molecule has 112 valence electrons. The molecule has 5 heteroatoms. The summed E-state index contributed by atoms with van der Waals surface area (Å²) in [5.74, 6) is 1.12. The largest absolute Gasteiger partial charge is 0.439 e. The monoisotopic (exact) mass is 289 g/mol. The summed E-state index contributed by atoms with van der Waals surface area (Å²) >= 11 is 0. The highest BCUT2D eigenvalue weighted by Gasteiger charge is 2.17. The molecule has 1 aromatic heterocycles. The molecule has 2 aromatic rings. The third-order valence-electron chi connectivity index (χ3n) is 3.78. The quantitative estimate of drug-likeness (QED) is 0.919. The van der Waals surface area contributed by atoms with Crippen molar-refractivity contribution in [2.45, 2.75) is 25.4 Å². The van der Waals surface area contributed by atoms with Crippen LogP contribution < -0.4 is 5.32 Å². The van der Waals surface area contributed by atoms with Crippen molar-refractivity contribution >= 4 is 0 Å². The summed E-state index contributed by atoms with van der Waals surface area (Å²) < 4.78 is 18.7. The average Bonchev–Trinajstić information content (AvgIpc) is 3.11. The van der Waals surface area contributed by atoms with E-state index in [0.717, 1.165) is 18.7 Å². The lowest BCUT2D eigenvalue weighted by atomic mass is 10.2. The summed E-state index contributed by atoms with van der Waals surface area (Å²) in [6.45, 7) is 2.79. The number of oxazole rings is 1. The van der Waals surface area contributed by atoms with Gasteiger partial charge in [-0.05, 0) is 50.7 Å². The van der Waals surface area contributed by atoms with E-state index in [2.05, 4.69) is 22.2 Å². The fourth-order valence-electron chi connectivity index (χ4n) is 2.72. The van der Waals surface area contributed by atoms with Crippen molar-refractivity contribution in [3.05, 3.63) is 42.2 Å². The van der Waals surface area contributed by atoms with E-state index in [9.17, 15) is 4.39 Å². The number of benzene rings is 1. The van der Waals surface area contributed by atoms with Gasteiger partial charge < -0.3 is 9.73 Å². The minimum atomic E-state index is -0.248. The summed E-state index contributed by atoms with van der Waals surface area (Å²) in [5, 5.41) is 3.48. The summed E-state index contributed by atoms with van der Waals surface area (Å²) in [6.07, 6.45) is 4.19. The highest BCUT2D eigenvalue weighted by molar-refractivity contribution is 5.55. The van der Waals surface area contributed by atoms with Crippen molar-refractivity contribution in [3.63, 3.8) is 0 Å². The summed E-state index contributed by atoms with van der Waals surface area (Å²) in [4.78, 5) is 6.52.